The van der Waals surface area contributed by atoms with Crippen molar-refractivity contribution >= 4 is 0 Å². The van der Waals surface area contributed by atoms with Crippen LogP contribution in [-0.2, 0) is 11.8 Å². The van der Waals surface area contributed by atoms with Gasteiger partial charge in [0, 0.05) is 0 Å². The molecule has 0 aromatic heterocycles. The number of aromatic hydroxyl groups is 1. The fraction of sp³-hybridized carbons (Fsp3) is 0.727. The lowest BCUT2D eigenvalue weighted by atomic mass is 9.43. The number of hydrogen-bond donors (Lipinski definition) is 1. The standard InChI is InChI=1S/C22H32O/c1-14-11-16(23)12-15-13-18-21(4)9-6-8-20(2,3)17(21)7-10-22(18,5)19(14)15/h11-12,17-18,23H,6-10,13H2,1-5H3/t17?,18?,21-,22+/m0/s1. The van der Waals surface area contributed by atoms with E-state index < -0.39 is 0 Å². The summed E-state index contributed by atoms with van der Waals surface area (Å²) in [6, 6.07) is 4.03. The van der Waals surface area contributed by atoms with Crippen molar-refractivity contribution in [1.82, 2.24) is 0 Å². The molecule has 0 spiro atoms. The molecule has 0 radical (unpaired) electrons. The van der Waals surface area contributed by atoms with Gasteiger partial charge in [-0.15, -0.1) is 0 Å². The van der Waals surface area contributed by atoms with Gasteiger partial charge in [0.05, 0.1) is 0 Å². The van der Waals surface area contributed by atoms with Crippen LogP contribution in [0.15, 0.2) is 12.1 Å². The molecule has 126 valence electrons. The first-order chi connectivity index (χ1) is 10.7. The summed E-state index contributed by atoms with van der Waals surface area (Å²) in [6.07, 6.45) is 8.03. The molecule has 3 aliphatic carbocycles. The quantitative estimate of drug-likeness (QED) is 0.646. The monoisotopic (exact) mass is 312 g/mol. The molecule has 1 N–H and O–H groups in total. The van der Waals surface area contributed by atoms with Gasteiger partial charge in [-0.05, 0) is 95.9 Å². The second kappa shape index (κ2) is 4.55. The Bertz CT molecular complexity index is 658. The van der Waals surface area contributed by atoms with Crippen molar-refractivity contribution < 1.29 is 5.11 Å². The Morgan fingerprint density at radius 1 is 1.00 bits per heavy atom. The number of benzene rings is 1. The zero-order chi connectivity index (χ0) is 16.6. The van der Waals surface area contributed by atoms with E-state index in [-0.39, 0.29) is 0 Å². The molecule has 1 aromatic carbocycles. The lowest BCUT2D eigenvalue weighted by Gasteiger charge is -2.61. The minimum atomic E-state index is 0.311. The van der Waals surface area contributed by atoms with Gasteiger partial charge >= 0.3 is 0 Å². The Balaban J connectivity index is 1.84. The Morgan fingerprint density at radius 2 is 1.74 bits per heavy atom. The summed E-state index contributed by atoms with van der Waals surface area (Å²) in [6.45, 7) is 12.3. The summed E-state index contributed by atoms with van der Waals surface area (Å²) < 4.78 is 0. The molecule has 3 aliphatic rings. The van der Waals surface area contributed by atoms with Gasteiger partial charge in [-0.25, -0.2) is 0 Å². The maximum Gasteiger partial charge on any atom is 0.116 e. The molecule has 1 heteroatoms. The highest BCUT2D eigenvalue weighted by molar-refractivity contribution is 5.50. The van der Waals surface area contributed by atoms with E-state index in [2.05, 4.69) is 40.7 Å². The largest absolute Gasteiger partial charge is 0.508 e. The van der Waals surface area contributed by atoms with Gasteiger partial charge in [0.25, 0.3) is 0 Å². The predicted octanol–water partition coefficient (Wildman–Crippen LogP) is 5.76. The predicted molar refractivity (Wildman–Crippen MR) is 95.9 cm³/mol. The zero-order valence-corrected chi connectivity index (χ0v) is 15.5. The maximum absolute atomic E-state index is 10.1. The molecule has 0 aliphatic heterocycles. The van der Waals surface area contributed by atoms with Crippen molar-refractivity contribution in [1.29, 1.82) is 0 Å². The van der Waals surface area contributed by atoms with Crippen molar-refractivity contribution in [3.63, 3.8) is 0 Å². The zero-order valence-electron chi connectivity index (χ0n) is 15.5. The molecular formula is C22H32O. The highest BCUT2D eigenvalue weighted by Crippen LogP contribution is 2.67. The van der Waals surface area contributed by atoms with Gasteiger partial charge in [0.15, 0.2) is 0 Å². The molecule has 0 heterocycles. The van der Waals surface area contributed by atoms with E-state index in [0.29, 0.717) is 22.0 Å². The molecule has 2 unspecified atom stereocenters. The van der Waals surface area contributed by atoms with Crippen LogP contribution in [0.1, 0.15) is 76.5 Å². The number of fused-ring (bicyclic) bond motifs is 5. The average molecular weight is 312 g/mol. The van der Waals surface area contributed by atoms with Crippen molar-refractivity contribution in [2.45, 2.75) is 78.6 Å². The van der Waals surface area contributed by atoms with Crippen LogP contribution in [0.3, 0.4) is 0 Å². The van der Waals surface area contributed by atoms with Crippen molar-refractivity contribution in [2.24, 2.45) is 22.7 Å². The normalized spacial score (nSPS) is 41.1. The highest BCUT2D eigenvalue weighted by Gasteiger charge is 2.61. The number of phenolic OH excluding ortho intramolecular Hbond substituents is 1. The van der Waals surface area contributed by atoms with E-state index in [4.69, 9.17) is 0 Å². The Hall–Kier alpha value is -0.980. The van der Waals surface area contributed by atoms with Crippen LogP contribution in [0.2, 0.25) is 0 Å². The topological polar surface area (TPSA) is 20.2 Å². The van der Waals surface area contributed by atoms with Crippen LogP contribution in [-0.4, -0.2) is 5.11 Å². The fourth-order valence-corrected chi connectivity index (χ4v) is 7.45. The second-order valence-electron chi connectivity index (χ2n) is 9.91. The summed E-state index contributed by atoms with van der Waals surface area (Å²) in [5.41, 5.74) is 5.56. The molecule has 23 heavy (non-hydrogen) atoms. The average Bonchev–Trinajstić information content (AvgIpc) is 2.71. The van der Waals surface area contributed by atoms with Crippen LogP contribution in [0.25, 0.3) is 0 Å². The third-order valence-electron chi connectivity index (χ3n) is 8.19. The first-order valence-electron chi connectivity index (χ1n) is 9.51. The highest BCUT2D eigenvalue weighted by atomic mass is 16.3. The van der Waals surface area contributed by atoms with Crippen molar-refractivity contribution in [3.8, 4) is 5.75 Å². The van der Waals surface area contributed by atoms with Gasteiger partial charge in [-0.3, -0.25) is 0 Å². The van der Waals surface area contributed by atoms with E-state index in [1.165, 1.54) is 49.7 Å². The minimum absolute atomic E-state index is 0.311. The molecule has 0 amide bonds. The Kier molecular flexibility index (Phi) is 3.08. The summed E-state index contributed by atoms with van der Waals surface area (Å²) in [5.74, 6) is 2.04. The maximum atomic E-state index is 10.1. The third kappa shape index (κ3) is 1.91. The molecule has 0 bridgehead atoms. The molecule has 1 nitrogen and oxygen atoms in total. The summed E-state index contributed by atoms with van der Waals surface area (Å²) in [4.78, 5) is 0. The van der Waals surface area contributed by atoms with E-state index >= 15 is 0 Å². The van der Waals surface area contributed by atoms with Crippen LogP contribution in [0.5, 0.6) is 5.75 Å². The van der Waals surface area contributed by atoms with Crippen molar-refractivity contribution in [3.05, 3.63) is 28.8 Å². The van der Waals surface area contributed by atoms with Gasteiger partial charge in [-0.1, -0.05) is 34.1 Å². The molecular weight excluding hydrogens is 280 g/mol. The summed E-state index contributed by atoms with van der Waals surface area (Å²) >= 11 is 0. The molecule has 1 aromatic rings. The van der Waals surface area contributed by atoms with Crippen molar-refractivity contribution in [2.75, 3.05) is 0 Å². The lowest BCUT2D eigenvalue weighted by Crippen LogP contribution is -2.55. The SMILES string of the molecule is Cc1cc(O)cc2c1[C@]1(C)CCC3C(C)(C)CCC[C@]3(C)C1C2. The Labute approximate surface area is 141 Å². The molecule has 0 saturated heterocycles. The molecule has 2 fully saturated rings. The number of aryl methyl sites for hydroxylation is 1. The minimum Gasteiger partial charge on any atom is -0.508 e. The van der Waals surface area contributed by atoms with Crippen LogP contribution in [0, 0.1) is 29.6 Å². The molecule has 4 rings (SSSR count). The van der Waals surface area contributed by atoms with Crippen LogP contribution in [0.4, 0.5) is 0 Å². The first kappa shape index (κ1) is 15.5. The van der Waals surface area contributed by atoms with E-state index in [1.54, 1.807) is 5.56 Å². The molecule has 4 atom stereocenters. The smallest absolute Gasteiger partial charge is 0.116 e. The van der Waals surface area contributed by atoms with E-state index in [1.807, 2.05) is 6.07 Å². The molecule has 2 saturated carbocycles. The second-order valence-corrected chi connectivity index (χ2v) is 9.91. The third-order valence-corrected chi connectivity index (χ3v) is 8.19. The van der Waals surface area contributed by atoms with Gasteiger partial charge in [0.2, 0.25) is 0 Å². The van der Waals surface area contributed by atoms with Crippen LogP contribution >= 0.6 is 0 Å². The van der Waals surface area contributed by atoms with E-state index in [9.17, 15) is 5.11 Å². The summed E-state index contributed by atoms with van der Waals surface area (Å²) in [5, 5.41) is 10.1. The Morgan fingerprint density at radius 3 is 2.48 bits per heavy atom. The summed E-state index contributed by atoms with van der Waals surface area (Å²) in [7, 11) is 0. The van der Waals surface area contributed by atoms with Crippen LogP contribution < -0.4 is 0 Å². The van der Waals surface area contributed by atoms with Gasteiger partial charge in [-0.2, -0.15) is 0 Å². The lowest BCUT2D eigenvalue weighted by molar-refractivity contribution is -0.0983. The van der Waals surface area contributed by atoms with E-state index in [0.717, 1.165) is 11.8 Å². The van der Waals surface area contributed by atoms with Gasteiger partial charge < -0.3 is 5.11 Å². The number of phenols is 1. The number of rotatable bonds is 0. The number of hydrogen-bond acceptors (Lipinski definition) is 1. The first-order valence-corrected chi connectivity index (χ1v) is 9.51. The fourth-order valence-electron chi connectivity index (χ4n) is 7.45. The van der Waals surface area contributed by atoms with Gasteiger partial charge in [0.1, 0.15) is 5.75 Å².